The van der Waals surface area contributed by atoms with E-state index in [-0.39, 0.29) is 16.8 Å². The fourth-order valence-corrected chi connectivity index (χ4v) is 1.20. The number of carbonyl (C=O) groups excluding carboxylic acids is 1. The minimum absolute atomic E-state index is 0.0390. The van der Waals surface area contributed by atoms with Crippen LogP contribution < -0.4 is 22.1 Å². The second kappa shape index (κ2) is 2.72. The summed E-state index contributed by atoms with van der Waals surface area (Å²) in [6, 6.07) is 0. The van der Waals surface area contributed by atoms with Gasteiger partial charge in [0.15, 0.2) is 10.8 Å². The molecule has 0 unspecified atom stereocenters. The number of nitrogens with one attached hydrogen (secondary N) is 1. The van der Waals surface area contributed by atoms with E-state index in [0.717, 1.165) is 0 Å². The van der Waals surface area contributed by atoms with E-state index in [1.165, 1.54) is 0 Å². The molecule has 1 aliphatic rings. The molecule has 2 rings (SSSR count). The van der Waals surface area contributed by atoms with Crippen LogP contribution in [0.1, 0.15) is 13.8 Å². The van der Waals surface area contributed by atoms with Crippen LogP contribution in [0.3, 0.4) is 0 Å². The monoisotopic (exact) mass is 207 g/mol. The number of nitrogen functional groups attached to an aromatic ring is 1. The highest BCUT2D eigenvalue weighted by atomic mass is 16.2. The first-order chi connectivity index (χ1) is 6.90. The van der Waals surface area contributed by atoms with Crippen molar-refractivity contribution in [2.45, 2.75) is 19.4 Å². The fraction of sp³-hybridized carbons (Fsp3) is 0.375. The number of aromatic amines is 1. The molecule has 3 N–H and O–H groups in total. The molecule has 78 valence electrons. The lowest BCUT2D eigenvalue weighted by atomic mass is 10.1. The van der Waals surface area contributed by atoms with Crippen molar-refractivity contribution in [1.82, 2.24) is 9.97 Å². The van der Waals surface area contributed by atoms with Crippen LogP contribution in [0.4, 0.5) is 5.95 Å². The topological polar surface area (TPSA) is 114 Å². The molecule has 0 aromatic carbocycles. The zero-order valence-corrected chi connectivity index (χ0v) is 8.24. The van der Waals surface area contributed by atoms with Crippen molar-refractivity contribution >= 4 is 11.9 Å². The Morgan fingerprint density at radius 2 is 2.00 bits per heavy atom. The Morgan fingerprint density at radius 3 is 2.67 bits per heavy atom. The average molecular weight is 207 g/mol. The Balaban J connectivity index is 2.95. The van der Waals surface area contributed by atoms with Gasteiger partial charge in [0.1, 0.15) is 5.54 Å². The molecule has 7 heteroatoms. The zero-order chi connectivity index (χ0) is 11.2. The molecule has 1 amide bonds. The Morgan fingerprint density at radius 1 is 1.33 bits per heavy atom. The number of rotatable bonds is 0. The van der Waals surface area contributed by atoms with Crippen molar-refractivity contribution in [2.75, 3.05) is 5.73 Å². The lowest BCUT2D eigenvalue weighted by Crippen LogP contribution is -2.51. The van der Waals surface area contributed by atoms with Gasteiger partial charge in [0, 0.05) is 0 Å². The molecule has 0 saturated heterocycles. The number of anilines is 1. The third-order valence-corrected chi connectivity index (χ3v) is 2.02. The maximum Gasteiger partial charge on any atom is 0.280 e. The van der Waals surface area contributed by atoms with E-state index in [4.69, 9.17) is 5.73 Å². The van der Waals surface area contributed by atoms with Crippen molar-refractivity contribution in [2.24, 2.45) is 9.98 Å². The predicted octanol–water partition coefficient (Wildman–Crippen LogP) is -2.09. The highest BCUT2D eigenvalue weighted by Crippen LogP contribution is 2.10. The molecule has 0 bridgehead atoms. The van der Waals surface area contributed by atoms with Crippen molar-refractivity contribution in [1.29, 1.82) is 0 Å². The van der Waals surface area contributed by atoms with Crippen LogP contribution in [0.25, 0.3) is 0 Å². The van der Waals surface area contributed by atoms with E-state index in [1.807, 2.05) is 0 Å². The number of aromatic nitrogens is 2. The number of fused-ring (bicyclic) bond motifs is 1. The van der Waals surface area contributed by atoms with Crippen molar-refractivity contribution < 1.29 is 4.79 Å². The number of nitrogens with two attached hydrogens (primary N) is 1. The summed E-state index contributed by atoms with van der Waals surface area (Å²) < 4.78 is 0. The fourth-order valence-electron chi connectivity index (χ4n) is 1.20. The number of hydrogen-bond donors (Lipinski definition) is 2. The summed E-state index contributed by atoms with van der Waals surface area (Å²) in [6.07, 6.45) is 0. The van der Waals surface area contributed by atoms with Crippen LogP contribution in [0.2, 0.25) is 0 Å². The van der Waals surface area contributed by atoms with Crippen LogP contribution in [-0.4, -0.2) is 21.4 Å². The highest BCUT2D eigenvalue weighted by Gasteiger charge is 2.29. The van der Waals surface area contributed by atoms with E-state index in [0.29, 0.717) is 0 Å². The van der Waals surface area contributed by atoms with E-state index in [9.17, 15) is 9.59 Å². The summed E-state index contributed by atoms with van der Waals surface area (Å²) >= 11 is 0. The predicted molar refractivity (Wildman–Crippen MR) is 50.7 cm³/mol. The van der Waals surface area contributed by atoms with Crippen LogP contribution >= 0.6 is 0 Å². The molecular formula is C8H9N5O2. The van der Waals surface area contributed by atoms with Crippen LogP contribution in [0.15, 0.2) is 14.8 Å². The van der Waals surface area contributed by atoms with Crippen LogP contribution in [-0.2, 0) is 4.79 Å². The van der Waals surface area contributed by atoms with Gasteiger partial charge in [-0.1, -0.05) is 0 Å². The second-order valence-electron chi connectivity index (χ2n) is 3.71. The summed E-state index contributed by atoms with van der Waals surface area (Å²) in [5.74, 6) is -0.505. The summed E-state index contributed by atoms with van der Waals surface area (Å²) in [5, 5.41) is -0.0754. The van der Waals surface area contributed by atoms with E-state index in [2.05, 4.69) is 20.0 Å². The molecule has 0 saturated carbocycles. The molecule has 1 aromatic heterocycles. The molecule has 0 atom stereocenters. The van der Waals surface area contributed by atoms with Gasteiger partial charge in [-0.2, -0.15) is 4.98 Å². The van der Waals surface area contributed by atoms with Crippen molar-refractivity contribution in [3.05, 3.63) is 21.2 Å². The van der Waals surface area contributed by atoms with Crippen molar-refractivity contribution in [3.63, 3.8) is 0 Å². The Bertz CT molecular complexity index is 613. The molecule has 0 aliphatic carbocycles. The number of carbonyl (C=O) groups is 1. The first-order valence-corrected chi connectivity index (χ1v) is 4.29. The number of amides is 1. The molecule has 7 nitrogen and oxygen atoms in total. The molecular weight excluding hydrogens is 198 g/mol. The molecule has 2 heterocycles. The lowest BCUT2D eigenvalue weighted by molar-refractivity contribution is -0.122. The second-order valence-corrected chi connectivity index (χ2v) is 3.71. The average Bonchev–Trinajstić information content (AvgIpc) is 2.08. The molecule has 0 radical (unpaired) electrons. The van der Waals surface area contributed by atoms with Gasteiger partial charge < -0.3 is 5.73 Å². The summed E-state index contributed by atoms with van der Waals surface area (Å²) in [7, 11) is 0. The van der Waals surface area contributed by atoms with Gasteiger partial charge in [-0.05, 0) is 13.8 Å². The molecule has 0 spiro atoms. The number of hydrogen-bond acceptors (Lipinski definition) is 5. The van der Waals surface area contributed by atoms with Gasteiger partial charge in [0.05, 0.1) is 0 Å². The number of H-pyrrole nitrogens is 1. The van der Waals surface area contributed by atoms with E-state index in [1.54, 1.807) is 13.8 Å². The summed E-state index contributed by atoms with van der Waals surface area (Å²) in [6.45, 7) is 3.20. The third kappa shape index (κ3) is 1.41. The molecule has 1 aliphatic heterocycles. The molecule has 0 fully saturated rings. The van der Waals surface area contributed by atoms with E-state index < -0.39 is 17.0 Å². The largest absolute Gasteiger partial charge is 0.369 e. The summed E-state index contributed by atoms with van der Waals surface area (Å²) in [4.78, 5) is 36.5. The highest BCUT2D eigenvalue weighted by molar-refractivity contribution is 5.86. The van der Waals surface area contributed by atoms with E-state index >= 15 is 0 Å². The first-order valence-electron chi connectivity index (χ1n) is 4.29. The van der Waals surface area contributed by atoms with Gasteiger partial charge in [0.25, 0.3) is 11.5 Å². The Hall–Kier alpha value is -2.05. The van der Waals surface area contributed by atoms with Gasteiger partial charge in [-0.3, -0.25) is 14.6 Å². The first kappa shape index (κ1) is 9.50. The summed E-state index contributed by atoms with van der Waals surface area (Å²) in [5.41, 5.74) is 3.93. The van der Waals surface area contributed by atoms with Gasteiger partial charge >= 0.3 is 0 Å². The lowest BCUT2D eigenvalue weighted by Gasteiger charge is -2.16. The molecule has 1 aromatic rings. The standard InChI is InChI=1S/C8H9N5O2/c1-8(2)6(15)10-3-4(13-8)11-7(9)12-5(3)14/h1-2H3,(H3,9,11,12,13,14). The normalized spacial score (nSPS) is 17.6. The molecule has 15 heavy (non-hydrogen) atoms. The Kier molecular flexibility index (Phi) is 1.72. The van der Waals surface area contributed by atoms with Gasteiger partial charge in [-0.25, -0.2) is 9.98 Å². The van der Waals surface area contributed by atoms with Crippen molar-refractivity contribution in [3.8, 4) is 0 Å². The van der Waals surface area contributed by atoms with Gasteiger partial charge in [-0.15, -0.1) is 0 Å². The minimum atomic E-state index is -0.986. The quantitative estimate of drug-likeness (QED) is 0.507. The maximum absolute atomic E-state index is 11.4. The smallest absolute Gasteiger partial charge is 0.280 e. The van der Waals surface area contributed by atoms with Gasteiger partial charge in [0.2, 0.25) is 5.95 Å². The van der Waals surface area contributed by atoms with Crippen LogP contribution in [0, 0.1) is 0 Å². The minimum Gasteiger partial charge on any atom is -0.369 e. The third-order valence-electron chi connectivity index (χ3n) is 2.02. The number of nitrogens with zero attached hydrogens (tertiary/aromatic N) is 3. The maximum atomic E-state index is 11.4. The Labute approximate surface area is 83.8 Å². The van der Waals surface area contributed by atoms with Crippen LogP contribution in [0.5, 0.6) is 0 Å². The zero-order valence-electron chi connectivity index (χ0n) is 8.24. The SMILES string of the molecule is CC1(C)N=c2nc(N)[nH]c(=O)c2=NC1=O.